The van der Waals surface area contributed by atoms with Crippen molar-refractivity contribution in [1.29, 1.82) is 0 Å². The van der Waals surface area contributed by atoms with Crippen LogP contribution in [0.2, 0.25) is 0 Å². The first-order valence-corrected chi connectivity index (χ1v) is 12.8. The highest BCUT2D eigenvalue weighted by Crippen LogP contribution is 2.41. The number of benzene rings is 3. The zero-order valence-electron chi connectivity index (χ0n) is 21.1. The zero-order valence-corrected chi connectivity index (χ0v) is 21.1. The number of rotatable bonds is 8. The van der Waals surface area contributed by atoms with Gasteiger partial charge in [-0.1, -0.05) is 55.8 Å². The lowest BCUT2D eigenvalue weighted by Crippen LogP contribution is -2.29. The number of likely N-dealkylation sites (tertiary alicyclic amines) is 1. The van der Waals surface area contributed by atoms with Gasteiger partial charge < -0.3 is 19.5 Å². The Morgan fingerprint density at radius 2 is 1.81 bits per heavy atom. The van der Waals surface area contributed by atoms with E-state index in [4.69, 9.17) is 9.47 Å². The fraction of sp³-hybridized carbons (Fsp3) is 0.290. The molecular weight excluding hydrogens is 466 g/mol. The molecule has 1 N–H and O–H groups in total. The smallest absolute Gasteiger partial charge is 0.295 e. The fourth-order valence-electron chi connectivity index (χ4n) is 4.98. The predicted octanol–water partition coefficient (Wildman–Crippen LogP) is 5.81. The zero-order chi connectivity index (χ0) is 25.9. The number of ketones is 1. The fourth-order valence-corrected chi connectivity index (χ4v) is 4.98. The van der Waals surface area contributed by atoms with E-state index in [0.717, 1.165) is 47.5 Å². The lowest BCUT2D eigenvalue weighted by atomic mass is 9.94. The van der Waals surface area contributed by atoms with Gasteiger partial charge in [0, 0.05) is 18.5 Å². The number of Topliss-reactive ketones (excluding diaryl/α,β-unsaturated/α-hetero) is 1. The van der Waals surface area contributed by atoms with Gasteiger partial charge in [-0.2, -0.15) is 0 Å². The third-order valence-electron chi connectivity index (χ3n) is 6.87. The van der Waals surface area contributed by atoms with Crippen LogP contribution in [0, 0.1) is 0 Å². The summed E-state index contributed by atoms with van der Waals surface area (Å²) in [6.45, 7) is 4.97. The maximum atomic E-state index is 13.4. The topological polar surface area (TPSA) is 76.1 Å². The molecule has 2 aliphatic heterocycles. The first-order chi connectivity index (χ1) is 18.0. The van der Waals surface area contributed by atoms with E-state index in [1.807, 2.05) is 73.7 Å². The summed E-state index contributed by atoms with van der Waals surface area (Å²) in [5, 5.41) is 11.4. The van der Waals surface area contributed by atoms with Crippen LogP contribution in [0.5, 0.6) is 11.5 Å². The summed E-state index contributed by atoms with van der Waals surface area (Å²) in [6.07, 6.45) is 2.78. The van der Waals surface area contributed by atoms with Crippen LogP contribution in [0.4, 0.5) is 0 Å². The molecule has 1 amide bonds. The molecule has 2 heterocycles. The van der Waals surface area contributed by atoms with Gasteiger partial charge in [-0.05, 0) is 60.4 Å². The number of fused-ring (bicyclic) bond motifs is 1. The Morgan fingerprint density at radius 1 is 1.05 bits per heavy atom. The molecule has 0 unspecified atom stereocenters. The molecule has 0 spiro atoms. The number of amides is 1. The lowest BCUT2D eigenvalue weighted by Gasteiger charge is -2.25. The second-order valence-corrected chi connectivity index (χ2v) is 9.64. The van der Waals surface area contributed by atoms with Gasteiger partial charge in [-0.3, -0.25) is 9.59 Å². The molecule has 5 rings (SSSR count). The molecule has 1 saturated heterocycles. The summed E-state index contributed by atoms with van der Waals surface area (Å²) in [5.74, 6) is 0.0156. The molecule has 2 atom stereocenters. The summed E-state index contributed by atoms with van der Waals surface area (Å²) in [6, 6.07) is 21.6. The van der Waals surface area contributed by atoms with Crippen LogP contribution in [0.1, 0.15) is 55.0 Å². The molecule has 0 aliphatic carbocycles. The van der Waals surface area contributed by atoms with Gasteiger partial charge in [0.1, 0.15) is 23.4 Å². The van der Waals surface area contributed by atoms with E-state index >= 15 is 0 Å². The highest BCUT2D eigenvalue weighted by atomic mass is 16.5. The van der Waals surface area contributed by atoms with E-state index in [-0.39, 0.29) is 24.0 Å². The highest BCUT2D eigenvalue weighted by Gasteiger charge is 2.46. The first kappa shape index (κ1) is 24.6. The molecule has 3 aromatic carbocycles. The minimum Gasteiger partial charge on any atom is -0.507 e. The first-order valence-electron chi connectivity index (χ1n) is 12.8. The number of aliphatic hydroxyl groups excluding tert-OH is 1. The van der Waals surface area contributed by atoms with Crippen molar-refractivity contribution >= 4 is 17.4 Å². The Morgan fingerprint density at radius 3 is 2.54 bits per heavy atom. The van der Waals surface area contributed by atoms with Gasteiger partial charge in [0.25, 0.3) is 11.7 Å². The van der Waals surface area contributed by atoms with Crippen LogP contribution in [0.25, 0.3) is 5.76 Å². The molecule has 37 heavy (non-hydrogen) atoms. The van der Waals surface area contributed by atoms with Crippen molar-refractivity contribution in [2.24, 2.45) is 0 Å². The van der Waals surface area contributed by atoms with E-state index < -0.39 is 17.7 Å². The summed E-state index contributed by atoms with van der Waals surface area (Å²) >= 11 is 0. The molecule has 6 heteroatoms. The van der Waals surface area contributed by atoms with Gasteiger partial charge in [0.05, 0.1) is 18.2 Å². The van der Waals surface area contributed by atoms with Crippen molar-refractivity contribution in [3.63, 3.8) is 0 Å². The second kappa shape index (κ2) is 10.5. The van der Waals surface area contributed by atoms with E-state index in [9.17, 15) is 14.7 Å². The highest BCUT2D eigenvalue weighted by molar-refractivity contribution is 6.46. The van der Waals surface area contributed by atoms with E-state index in [1.54, 1.807) is 6.07 Å². The van der Waals surface area contributed by atoms with Crippen LogP contribution in [-0.4, -0.2) is 34.4 Å². The van der Waals surface area contributed by atoms with Crippen molar-refractivity contribution < 1.29 is 24.2 Å². The monoisotopic (exact) mass is 497 g/mol. The maximum Gasteiger partial charge on any atom is 0.295 e. The molecule has 190 valence electrons. The largest absolute Gasteiger partial charge is 0.507 e. The molecule has 3 aromatic rings. The van der Waals surface area contributed by atoms with E-state index in [2.05, 4.69) is 6.92 Å². The third-order valence-corrected chi connectivity index (χ3v) is 6.87. The summed E-state index contributed by atoms with van der Waals surface area (Å²) < 4.78 is 11.6. The number of carbonyl (C=O) groups is 2. The third kappa shape index (κ3) is 4.96. The van der Waals surface area contributed by atoms with Crippen molar-refractivity contribution in [1.82, 2.24) is 4.90 Å². The van der Waals surface area contributed by atoms with Crippen LogP contribution in [-0.2, 0) is 22.6 Å². The molecule has 1 fully saturated rings. The van der Waals surface area contributed by atoms with Crippen LogP contribution < -0.4 is 9.47 Å². The number of unbranched alkanes of at least 4 members (excludes halogenated alkanes) is 1. The SMILES string of the molecule is CCCCOc1ccc([C@@H]2/C(=C(\O)c3ccc4c(c3)C[C@H](C)O4)C(=O)C(=O)N2Cc2ccccc2)cc1. The van der Waals surface area contributed by atoms with Gasteiger partial charge in [-0.25, -0.2) is 0 Å². The number of ether oxygens (including phenoxy) is 2. The number of hydrogen-bond donors (Lipinski definition) is 1. The molecule has 6 nitrogen and oxygen atoms in total. The number of carbonyl (C=O) groups excluding carboxylic acids is 2. The Balaban J connectivity index is 1.56. The molecular formula is C31H31NO5. The van der Waals surface area contributed by atoms with Crippen molar-refractivity contribution in [3.05, 3.63) is 101 Å². The standard InChI is InChI=1S/C31H31NO5/c1-3-4-16-36-25-13-10-22(11-14-25)28-27(29(33)23-12-15-26-24(18-23)17-20(2)37-26)30(34)31(35)32(28)19-21-8-6-5-7-9-21/h5-15,18,20,28,33H,3-4,16-17,19H2,1-2H3/b29-27+/t20-,28+/m0/s1. The van der Waals surface area contributed by atoms with Gasteiger partial charge in [0.2, 0.25) is 0 Å². The van der Waals surface area contributed by atoms with Crippen molar-refractivity contribution in [3.8, 4) is 11.5 Å². The maximum absolute atomic E-state index is 13.4. The van der Waals surface area contributed by atoms with E-state index in [0.29, 0.717) is 12.2 Å². The Labute approximate surface area is 217 Å². The van der Waals surface area contributed by atoms with Crippen LogP contribution in [0.3, 0.4) is 0 Å². The lowest BCUT2D eigenvalue weighted by molar-refractivity contribution is -0.140. The molecule has 0 bridgehead atoms. The summed E-state index contributed by atoms with van der Waals surface area (Å²) in [4.78, 5) is 28.2. The summed E-state index contributed by atoms with van der Waals surface area (Å²) in [5.41, 5.74) is 3.20. The molecule has 0 radical (unpaired) electrons. The summed E-state index contributed by atoms with van der Waals surface area (Å²) in [7, 11) is 0. The van der Waals surface area contributed by atoms with Crippen LogP contribution in [0.15, 0.2) is 78.4 Å². The van der Waals surface area contributed by atoms with Crippen molar-refractivity contribution in [2.75, 3.05) is 6.61 Å². The predicted molar refractivity (Wildman–Crippen MR) is 141 cm³/mol. The molecule has 0 saturated carbocycles. The minimum absolute atomic E-state index is 0.0573. The van der Waals surface area contributed by atoms with E-state index in [1.165, 1.54) is 4.90 Å². The average Bonchev–Trinajstić information content (AvgIpc) is 3.40. The van der Waals surface area contributed by atoms with Gasteiger partial charge in [0.15, 0.2) is 0 Å². The number of hydrogen-bond acceptors (Lipinski definition) is 5. The number of aliphatic hydroxyl groups is 1. The quantitative estimate of drug-likeness (QED) is 0.184. The minimum atomic E-state index is -0.728. The molecule has 0 aromatic heterocycles. The van der Waals surface area contributed by atoms with Crippen LogP contribution >= 0.6 is 0 Å². The Kier molecular flexibility index (Phi) is 6.99. The second-order valence-electron chi connectivity index (χ2n) is 9.64. The van der Waals surface area contributed by atoms with Gasteiger partial charge >= 0.3 is 0 Å². The molecule has 2 aliphatic rings. The van der Waals surface area contributed by atoms with Gasteiger partial charge in [-0.15, -0.1) is 0 Å². The Hall–Kier alpha value is -4.06. The average molecular weight is 498 g/mol. The Bertz CT molecular complexity index is 1330. The normalized spacial score (nSPS) is 20.1. The van der Waals surface area contributed by atoms with Crippen molar-refractivity contribution in [2.45, 2.75) is 51.8 Å². The number of nitrogens with zero attached hydrogens (tertiary/aromatic N) is 1.